The van der Waals surface area contributed by atoms with Crippen molar-refractivity contribution in [1.82, 2.24) is 9.71 Å². The van der Waals surface area contributed by atoms with Gasteiger partial charge in [-0.15, -0.1) is 0 Å². The first-order chi connectivity index (χ1) is 12.4. The topological polar surface area (TPSA) is 80.3 Å². The molecule has 0 spiro atoms. The van der Waals surface area contributed by atoms with E-state index >= 15 is 0 Å². The van der Waals surface area contributed by atoms with Crippen molar-refractivity contribution in [2.24, 2.45) is 5.92 Å². The van der Waals surface area contributed by atoms with Crippen LogP contribution in [0.5, 0.6) is 5.88 Å². The quantitative estimate of drug-likeness (QED) is 0.604. The maximum atomic E-state index is 12.0. The van der Waals surface area contributed by atoms with E-state index in [1.165, 1.54) is 0 Å². The lowest BCUT2D eigenvalue weighted by Gasteiger charge is -2.29. The summed E-state index contributed by atoms with van der Waals surface area (Å²) >= 11 is 0. The van der Waals surface area contributed by atoms with Crippen molar-refractivity contribution in [3.05, 3.63) is 18.3 Å². The molecule has 2 N–H and O–H groups in total. The van der Waals surface area contributed by atoms with Crippen molar-refractivity contribution in [1.29, 1.82) is 0 Å². The number of anilines is 1. The minimum atomic E-state index is -3.17. The van der Waals surface area contributed by atoms with Crippen LogP contribution in [-0.4, -0.2) is 37.8 Å². The van der Waals surface area contributed by atoms with E-state index in [0.717, 1.165) is 50.8 Å². The molecule has 0 unspecified atom stereocenters. The van der Waals surface area contributed by atoms with Gasteiger partial charge in [-0.05, 0) is 57.9 Å². The molecule has 1 aromatic heterocycles. The zero-order valence-electron chi connectivity index (χ0n) is 16.2. The third-order valence-corrected chi connectivity index (χ3v) is 6.78. The van der Waals surface area contributed by atoms with E-state index in [1.54, 1.807) is 13.8 Å². The van der Waals surface area contributed by atoms with Crippen LogP contribution in [0.25, 0.3) is 0 Å². The lowest BCUT2D eigenvalue weighted by atomic mass is 9.86. The molecule has 2 rings (SSSR count). The smallest absolute Gasteiger partial charge is 0.214 e. The standard InChI is InChI=1S/C19H33N3O3S/c1-4-5-12-25-19-11-10-18(14-21-19)20-13-16-6-8-17(9-7-16)22-26(23,24)15(2)3/h10-11,14-17,20,22H,4-9,12-13H2,1-3H3. The van der Waals surface area contributed by atoms with Crippen LogP contribution in [0.1, 0.15) is 59.3 Å². The lowest BCUT2D eigenvalue weighted by Crippen LogP contribution is -2.41. The summed E-state index contributed by atoms with van der Waals surface area (Å²) in [6.07, 6.45) is 7.83. The molecule has 0 aromatic carbocycles. The molecular formula is C19H33N3O3S. The Hall–Kier alpha value is -1.34. The molecule has 148 valence electrons. The summed E-state index contributed by atoms with van der Waals surface area (Å²) in [7, 11) is -3.17. The largest absolute Gasteiger partial charge is 0.478 e. The summed E-state index contributed by atoms with van der Waals surface area (Å²) in [5.74, 6) is 1.23. The zero-order chi connectivity index (χ0) is 19.0. The van der Waals surface area contributed by atoms with Gasteiger partial charge in [-0.2, -0.15) is 0 Å². The second-order valence-corrected chi connectivity index (χ2v) is 9.67. The Bertz CT molecular complexity index is 624. The molecule has 1 fully saturated rings. The number of nitrogens with one attached hydrogen (secondary N) is 2. The summed E-state index contributed by atoms with van der Waals surface area (Å²) < 4.78 is 32.3. The molecule has 0 saturated heterocycles. The maximum Gasteiger partial charge on any atom is 0.214 e. The van der Waals surface area contributed by atoms with Crippen LogP contribution >= 0.6 is 0 Å². The first-order valence-corrected chi connectivity index (χ1v) is 11.3. The second kappa shape index (κ2) is 10.1. The number of hydrogen-bond donors (Lipinski definition) is 2. The molecule has 6 nitrogen and oxygen atoms in total. The van der Waals surface area contributed by atoms with E-state index in [0.29, 0.717) is 18.4 Å². The van der Waals surface area contributed by atoms with Crippen molar-refractivity contribution in [3.8, 4) is 5.88 Å². The highest BCUT2D eigenvalue weighted by molar-refractivity contribution is 7.90. The molecule has 0 atom stereocenters. The fourth-order valence-corrected chi connectivity index (χ4v) is 3.98. The monoisotopic (exact) mass is 383 g/mol. The Balaban J connectivity index is 1.70. The minimum absolute atomic E-state index is 0.0832. The Morgan fingerprint density at radius 2 is 1.96 bits per heavy atom. The van der Waals surface area contributed by atoms with E-state index in [2.05, 4.69) is 21.9 Å². The predicted octanol–water partition coefficient (Wildman–Crippen LogP) is 3.56. The van der Waals surface area contributed by atoms with Crippen molar-refractivity contribution in [3.63, 3.8) is 0 Å². The number of ether oxygens (including phenoxy) is 1. The Kier molecular flexibility index (Phi) is 8.15. The van der Waals surface area contributed by atoms with Crippen molar-refractivity contribution in [2.75, 3.05) is 18.5 Å². The average Bonchev–Trinajstić information content (AvgIpc) is 2.62. The van der Waals surface area contributed by atoms with Gasteiger partial charge in [0, 0.05) is 18.7 Å². The average molecular weight is 384 g/mol. The molecular weight excluding hydrogens is 350 g/mol. The SMILES string of the molecule is CCCCOc1ccc(NCC2CCC(NS(=O)(=O)C(C)C)CC2)cn1. The number of unbranched alkanes of at least 4 members (excludes halogenated alkanes) is 1. The molecule has 26 heavy (non-hydrogen) atoms. The Morgan fingerprint density at radius 3 is 2.54 bits per heavy atom. The molecule has 1 aliphatic rings. The van der Waals surface area contributed by atoms with Crippen LogP contribution in [0.15, 0.2) is 18.3 Å². The number of sulfonamides is 1. The highest BCUT2D eigenvalue weighted by Gasteiger charge is 2.26. The van der Waals surface area contributed by atoms with Gasteiger partial charge in [-0.1, -0.05) is 13.3 Å². The molecule has 1 aromatic rings. The molecule has 1 aliphatic carbocycles. The van der Waals surface area contributed by atoms with Crippen LogP contribution in [0, 0.1) is 5.92 Å². The maximum absolute atomic E-state index is 12.0. The van der Waals surface area contributed by atoms with Gasteiger partial charge in [0.1, 0.15) is 0 Å². The van der Waals surface area contributed by atoms with Gasteiger partial charge in [0.15, 0.2) is 0 Å². The molecule has 0 amide bonds. The van der Waals surface area contributed by atoms with Gasteiger partial charge in [0.25, 0.3) is 0 Å². The van der Waals surface area contributed by atoms with Gasteiger partial charge in [0.2, 0.25) is 15.9 Å². The summed E-state index contributed by atoms with van der Waals surface area (Å²) in [6.45, 7) is 7.16. The van der Waals surface area contributed by atoms with E-state index in [4.69, 9.17) is 4.74 Å². The van der Waals surface area contributed by atoms with E-state index in [9.17, 15) is 8.42 Å². The number of pyridine rings is 1. The normalized spacial score (nSPS) is 20.9. The molecule has 1 heterocycles. The van der Waals surface area contributed by atoms with E-state index in [-0.39, 0.29) is 11.3 Å². The van der Waals surface area contributed by atoms with Gasteiger partial charge >= 0.3 is 0 Å². The second-order valence-electron chi connectivity index (χ2n) is 7.40. The number of aromatic nitrogens is 1. The molecule has 0 aliphatic heterocycles. The van der Waals surface area contributed by atoms with Gasteiger partial charge in [0.05, 0.1) is 23.7 Å². The van der Waals surface area contributed by atoms with Crippen LogP contribution in [0.2, 0.25) is 0 Å². The first kappa shape index (κ1) is 21.0. The van der Waals surface area contributed by atoms with Gasteiger partial charge < -0.3 is 10.1 Å². The summed E-state index contributed by atoms with van der Waals surface area (Å²) in [4.78, 5) is 4.32. The highest BCUT2D eigenvalue weighted by Crippen LogP contribution is 2.25. The van der Waals surface area contributed by atoms with Crippen LogP contribution < -0.4 is 14.8 Å². The molecule has 7 heteroatoms. The molecule has 0 bridgehead atoms. The van der Waals surface area contributed by atoms with Gasteiger partial charge in [-0.3, -0.25) is 0 Å². The number of rotatable bonds is 10. The number of nitrogens with zero attached hydrogens (tertiary/aromatic N) is 1. The third-order valence-electron chi connectivity index (χ3n) is 4.88. The fourth-order valence-electron chi connectivity index (χ4n) is 3.01. The zero-order valence-corrected chi connectivity index (χ0v) is 17.0. The predicted molar refractivity (Wildman–Crippen MR) is 106 cm³/mol. The van der Waals surface area contributed by atoms with Crippen LogP contribution in [-0.2, 0) is 10.0 Å². The summed E-state index contributed by atoms with van der Waals surface area (Å²) in [5.41, 5.74) is 0.996. The van der Waals surface area contributed by atoms with Crippen LogP contribution in [0.4, 0.5) is 5.69 Å². The number of hydrogen-bond acceptors (Lipinski definition) is 5. The minimum Gasteiger partial charge on any atom is -0.478 e. The fraction of sp³-hybridized carbons (Fsp3) is 0.737. The van der Waals surface area contributed by atoms with Gasteiger partial charge in [-0.25, -0.2) is 18.1 Å². The highest BCUT2D eigenvalue weighted by atomic mass is 32.2. The lowest BCUT2D eigenvalue weighted by molar-refractivity contribution is 0.298. The third kappa shape index (κ3) is 6.76. The Morgan fingerprint density at radius 1 is 1.23 bits per heavy atom. The first-order valence-electron chi connectivity index (χ1n) is 9.74. The van der Waals surface area contributed by atoms with Crippen molar-refractivity contribution in [2.45, 2.75) is 70.6 Å². The van der Waals surface area contributed by atoms with E-state index < -0.39 is 10.0 Å². The van der Waals surface area contributed by atoms with Crippen molar-refractivity contribution < 1.29 is 13.2 Å². The van der Waals surface area contributed by atoms with Crippen molar-refractivity contribution >= 4 is 15.7 Å². The van der Waals surface area contributed by atoms with E-state index in [1.807, 2.05) is 18.3 Å². The summed E-state index contributed by atoms with van der Waals surface area (Å²) in [6, 6.07) is 3.98. The summed E-state index contributed by atoms with van der Waals surface area (Å²) in [5, 5.41) is 3.06. The molecule has 1 saturated carbocycles. The van der Waals surface area contributed by atoms with Crippen LogP contribution in [0.3, 0.4) is 0 Å². The Labute approximate surface area is 158 Å². The molecule has 0 radical (unpaired) electrons.